The Morgan fingerprint density at radius 1 is 1.38 bits per heavy atom. The first kappa shape index (κ1) is 13.4. The lowest BCUT2D eigenvalue weighted by Gasteiger charge is -2.05. The minimum Gasteiger partial charge on any atom is -0.383 e. The third-order valence-electron chi connectivity index (χ3n) is 3.35. The van der Waals surface area contributed by atoms with E-state index in [2.05, 4.69) is 28.1 Å². The highest BCUT2D eigenvalue weighted by molar-refractivity contribution is 5.70. The summed E-state index contributed by atoms with van der Waals surface area (Å²) in [6.45, 7) is 4.77. The molecule has 1 aliphatic rings. The third kappa shape index (κ3) is 3.28. The Hall–Kier alpha value is -2.62. The van der Waals surface area contributed by atoms with Gasteiger partial charge in [0.2, 0.25) is 0 Å². The van der Waals surface area contributed by atoms with Gasteiger partial charge >= 0.3 is 0 Å². The number of allylic oxidation sites excluding steroid dienone is 4. The first-order valence-electron chi connectivity index (χ1n) is 6.99. The molecule has 0 saturated carbocycles. The fourth-order valence-electron chi connectivity index (χ4n) is 2.18. The van der Waals surface area contributed by atoms with Gasteiger partial charge in [-0.25, -0.2) is 0 Å². The second-order valence-electron chi connectivity index (χ2n) is 4.88. The molecule has 106 valence electrons. The predicted molar refractivity (Wildman–Crippen MR) is 83.2 cm³/mol. The zero-order valence-electron chi connectivity index (χ0n) is 11.7. The molecule has 0 bridgehead atoms. The zero-order valence-corrected chi connectivity index (χ0v) is 11.7. The molecule has 0 atom stereocenters. The standard InChI is InChI=1S/C17H17N3O/c1-13(18-11-9-15-8-4-5-10-19-15)16-12-17(21-20-16)14-6-2-3-7-14/h2-6,8,10,12,18H,1,7,9,11H2. The Balaban J connectivity index is 1.54. The van der Waals surface area contributed by atoms with E-state index in [9.17, 15) is 0 Å². The summed E-state index contributed by atoms with van der Waals surface area (Å²) in [7, 11) is 0. The topological polar surface area (TPSA) is 51.0 Å². The quantitative estimate of drug-likeness (QED) is 0.882. The van der Waals surface area contributed by atoms with Gasteiger partial charge in [0, 0.05) is 36.5 Å². The number of hydrogen-bond acceptors (Lipinski definition) is 4. The number of hydrogen-bond donors (Lipinski definition) is 1. The van der Waals surface area contributed by atoms with Gasteiger partial charge in [0.15, 0.2) is 5.76 Å². The summed E-state index contributed by atoms with van der Waals surface area (Å²) in [6.07, 6.45) is 9.71. The maximum atomic E-state index is 5.36. The molecule has 1 N–H and O–H groups in total. The minimum absolute atomic E-state index is 0.749. The number of pyridine rings is 1. The van der Waals surface area contributed by atoms with Gasteiger partial charge in [-0.1, -0.05) is 36.0 Å². The minimum atomic E-state index is 0.749. The van der Waals surface area contributed by atoms with Gasteiger partial charge < -0.3 is 9.84 Å². The van der Waals surface area contributed by atoms with Crippen LogP contribution in [0.2, 0.25) is 0 Å². The Morgan fingerprint density at radius 2 is 2.33 bits per heavy atom. The second-order valence-corrected chi connectivity index (χ2v) is 4.88. The molecule has 0 fully saturated rings. The van der Waals surface area contributed by atoms with E-state index >= 15 is 0 Å². The Bertz CT molecular complexity index is 683. The van der Waals surface area contributed by atoms with Gasteiger partial charge in [-0.05, 0) is 18.6 Å². The first-order valence-corrected chi connectivity index (χ1v) is 6.99. The highest BCUT2D eigenvalue weighted by Crippen LogP contribution is 2.24. The van der Waals surface area contributed by atoms with E-state index in [-0.39, 0.29) is 0 Å². The molecule has 2 aromatic heterocycles. The molecule has 3 rings (SSSR count). The molecule has 2 aromatic rings. The van der Waals surface area contributed by atoms with Crippen LogP contribution < -0.4 is 5.32 Å². The third-order valence-corrected chi connectivity index (χ3v) is 3.35. The van der Waals surface area contributed by atoms with Crippen molar-refractivity contribution in [2.45, 2.75) is 12.8 Å². The fraction of sp³-hybridized carbons (Fsp3) is 0.176. The average molecular weight is 279 g/mol. The van der Waals surface area contributed by atoms with Crippen molar-refractivity contribution in [2.75, 3.05) is 6.54 Å². The van der Waals surface area contributed by atoms with Gasteiger partial charge in [0.1, 0.15) is 5.69 Å². The van der Waals surface area contributed by atoms with Crippen LogP contribution in [0.3, 0.4) is 0 Å². The molecule has 2 heterocycles. The van der Waals surface area contributed by atoms with E-state index in [1.165, 1.54) is 0 Å². The molecule has 0 amide bonds. The van der Waals surface area contributed by atoms with E-state index in [4.69, 9.17) is 4.52 Å². The van der Waals surface area contributed by atoms with Crippen molar-refractivity contribution in [3.05, 3.63) is 72.4 Å². The molecule has 1 aliphatic carbocycles. The lowest BCUT2D eigenvalue weighted by Crippen LogP contribution is -2.15. The summed E-state index contributed by atoms with van der Waals surface area (Å²) in [4.78, 5) is 4.29. The highest BCUT2D eigenvalue weighted by atomic mass is 16.5. The second kappa shape index (κ2) is 6.22. The molecular weight excluding hydrogens is 262 g/mol. The van der Waals surface area contributed by atoms with Gasteiger partial charge in [-0.15, -0.1) is 0 Å². The molecule has 21 heavy (non-hydrogen) atoms. The average Bonchev–Trinajstić information content (AvgIpc) is 3.19. The van der Waals surface area contributed by atoms with Crippen molar-refractivity contribution < 1.29 is 4.52 Å². The normalized spacial score (nSPS) is 13.2. The van der Waals surface area contributed by atoms with Gasteiger partial charge in [-0.2, -0.15) is 0 Å². The van der Waals surface area contributed by atoms with Crippen molar-refractivity contribution in [3.63, 3.8) is 0 Å². The van der Waals surface area contributed by atoms with Crippen LogP contribution in [0.4, 0.5) is 0 Å². The SMILES string of the molecule is C=C(NCCc1ccccn1)c1cc(C2=CC=CC2)on1. The summed E-state index contributed by atoms with van der Waals surface area (Å²) in [5, 5.41) is 7.32. The number of rotatable bonds is 6. The van der Waals surface area contributed by atoms with Gasteiger partial charge in [0.05, 0.1) is 5.70 Å². The summed E-state index contributed by atoms with van der Waals surface area (Å²) in [5.41, 5.74) is 3.72. The van der Waals surface area contributed by atoms with Crippen LogP contribution in [0.1, 0.15) is 23.6 Å². The first-order chi connectivity index (χ1) is 10.3. The van der Waals surface area contributed by atoms with Gasteiger partial charge in [0.25, 0.3) is 0 Å². The lowest BCUT2D eigenvalue weighted by molar-refractivity contribution is 0.407. The van der Waals surface area contributed by atoms with Crippen molar-refractivity contribution in [1.82, 2.24) is 15.5 Å². The van der Waals surface area contributed by atoms with Crippen LogP contribution in [0.25, 0.3) is 11.3 Å². The van der Waals surface area contributed by atoms with Crippen molar-refractivity contribution in [2.24, 2.45) is 0 Å². The Labute approximate surface area is 123 Å². The smallest absolute Gasteiger partial charge is 0.163 e. The molecule has 0 saturated heterocycles. The van der Waals surface area contributed by atoms with Crippen LogP contribution in [0.15, 0.2) is 59.8 Å². The summed E-state index contributed by atoms with van der Waals surface area (Å²) < 4.78 is 5.36. The van der Waals surface area contributed by atoms with Crippen molar-refractivity contribution in [3.8, 4) is 0 Å². The van der Waals surface area contributed by atoms with Crippen LogP contribution in [-0.2, 0) is 6.42 Å². The van der Waals surface area contributed by atoms with Crippen LogP contribution >= 0.6 is 0 Å². The molecule has 0 spiro atoms. The van der Waals surface area contributed by atoms with Crippen LogP contribution in [0, 0.1) is 0 Å². The number of aromatic nitrogens is 2. The Kier molecular flexibility index (Phi) is 3.96. The van der Waals surface area contributed by atoms with Crippen molar-refractivity contribution in [1.29, 1.82) is 0 Å². The molecule has 4 heteroatoms. The molecule has 4 nitrogen and oxygen atoms in total. The zero-order chi connectivity index (χ0) is 14.5. The predicted octanol–water partition coefficient (Wildman–Crippen LogP) is 3.22. The van der Waals surface area contributed by atoms with E-state index in [1.807, 2.05) is 36.4 Å². The largest absolute Gasteiger partial charge is 0.383 e. The fourth-order valence-corrected chi connectivity index (χ4v) is 2.18. The maximum absolute atomic E-state index is 5.36. The maximum Gasteiger partial charge on any atom is 0.163 e. The van der Waals surface area contributed by atoms with E-state index in [1.54, 1.807) is 6.20 Å². The lowest BCUT2D eigenvalue weighted by atomic mass is 10.1. The van der Waals surface area contributed by atoms with Gasteiger partial charge in [-0.3, -0.25) is 4.98 Å². The monoisotopic (exact) mass is 279 g/mol. The van der Waals surface area contributed by atoms with Crippen LogP contribution in [0.5, 0.6) is 0 Å². The summed E-state index contributed by atoms with van der Waals surface area (Å²) in [5.74, 6) is 0.808. The highest BCUT2D eigenvalue weighted by Gasteiger charge is 2.11. The number of nitrogens with one attached hydrogen (secondary N) is 1. The van der Waals surface area contributed by atoms with E-state index in [0.29, 0.717) is 0 Å². The van der Waals surface area contributed by atoms with Crippen molar-refractivity contribution >= 4 is 11.3 Å². The summed E-state index contributed by atoms with van der Waals surface area (Å²) in [6, 6.07) is 7.84. The molecule has 0 aliphatic heterocycles. The molecule has 0 radical (unpaired) electrons. The van der Waals surface area contributed by atoms with E-state index < -0.39 is 0 Å². The summed E-state index contributed by atoms with van der Waals surface area (Å²) >= 11 is 0. The molecule has 0 aromatic carbocycles. The Morgan fingerprint density at radius 3 is 3.10 bits per heavy atom. The van der Waals surface area contributed by atoms with Crippen LogP contribution in [-0.4, -0.2) is 16.7 Å². The number of nitrogens with zero attached hydrogens (tertiary/aromatic N) is 2. The van der Waals surface area contributed by atoms with E-state index in [0.717, 1.165) is 47.8 Å². The molecular formula is C17H17N3O. The molecule has 0 unspecified atom stereocenters.